The lowest BCUT2D eigenvalue weighted by molar-refractivity contribution is -0.151. The standard InChI is InChI=1S/C16H18O6/c1-4-11(16(18)20-5-2)21-14-8-10-6-7-15(17)22-12(10)9-13(14)19-3/h6-9,11H,4-5H2,1-3H3. The monoisotopic (exact) mass is 306 g/mol. The Morgan fingerprint density at radius 1 is 1.23 bits per heavy atom. The summed E-state index contributed by atoms with van der Waals surface area (Å²) in [6, 6.07) is 6.17. The van der Waals surface area contributed by atoms with Gasteiger partial charge in [0.05, 0.1) is 13.7 Å². The molecule has 2 aromatic rings. The number of hydrogen-bond donors (Lipinski definition) is 0. The minimum atomic E-state index is -0.720. The minimum absolute atomic E-state index is 0.290. The molecule has 1 atom stereocenters. The van der Waals surface area contributed by atoms with Crippen LogP contribution in [0.3, 0.4) is 0 Å². The number of esters is 1. The van der Waals surface area contributed by atoms with E-state index in [1.165, 1.54) is 13.2 Å². The SMILES string of the molecule is CCOC(=O)C(CC)Oc1cc2ccc(=O)oc2cc1OC. The van der Waals surface area contributed by atoms with Gasteiger partial charge in [-0.25, -0.2) is 9.59 Å². The van der Waals surface area contributed by atoms with Gasteiger partial charge < -0.3 is 18.6 Å². The van der Waals surface area contributed by atoms with E-state index >= 15 is 0 Å². The Bertz CT molecular complexity index is 718. The molecule has 118 valence electrons. The summed E-state index contributed by atoms with van der Waals surface area (Å²) in [6.45, 7) is 3.86. The summed E-state index contributed by atoms with van der Waals surface area (Å²) >= 11 is 0. The highest BCUT2D eigenvalue weighted by Gasteiger charge is 2.22. The molecule has 1 aromatic carbocycles. The molecule has 0 aliphatic carbocycles. The van der Waals surface area contributed by atoms with Crippen LogP contribution in [-0.4, -0.2) is 25.8 Å². The highest BCUT2D eigenvalue weighted by Crippen LogP contribution is 2.33. The van der Waals surface area contributed by atoms with Crippen molar-refractivity contribution in [2.75, 3.05) is 13.7 Å². The van der Waals surface area contributed by atoms with Crippen LogP contribution >= 0.6 is 0 Å². The van der Waals surface area contributed by atoms with Crippen molar-refractivity contribution in [3.63, 3.8) is 0 Å². The number of fused-ring (bicyclic) bond motifs is 1. The minimum Gasteiger partial charge on any atom is -0.493 e. The molecule has 0 fully saturated rings. The Morgan fingerprint density at radius 3 is 2.64 bits per heavy atom. The quantitative estimate of drug-likeness (QED) is 0.603. The van der Waals surface area contributed by atoms with Gasteiger partial charge in [-0.2, -0.15) is 0 Å². The lowest BCUT2D eigenvalue weighted by atomic mass is 10.2. The Morgan fingerprint density at radius 2 is 2.00 bits per heavy atom. The number of rotatable bonds is 6. The first-order chi connectivity index (χ1) is 10.6. The Labute approximate surface area is 127 Å². The number of ether oxygens (including phenoxy) is 3. The molecule has 2 rings (SSSR count). The van der Waals surface area contributed by atoms with Gasteiger partial charge in [-0.15, -0.1) is 0 Å². The third kappa shape index (κ3) is 3.39. The molecular formula is C16H18O6. The zero-order valence-electron chi connectivity index (χ0n) is 12.8. The topological polar surface area (TPSA) is 75.0 Å². The molecule has 0 radical (unpaired) electrons. The third-order valence-electron chi connectivity index (χ3n) is 3.10. The number of benzene rings is 1. The summed E-state index contributed by atoms with van der Waals surface area (Å²) in [5, 5.41) is 0.675. The molecule has 0 saturated carbocycles. The van der Waals surface area contributed by atoms with Crippen molar-refractivity contribution >= 4 is 16.9 Å². The molecule has 0 amide bonds. The molecule has 0 aliphatic heterocycles. The normalized spacial score (nSPS) is 12.0. The predicted molar refractivity (Wildman–Crippen MR) is 80.4 cm³/mol. The van der Waals surface area contributed by atoms with E-state index < -0.39 is 17.7 Å². The Kier molecular flexibility index (Phi) is 5.04. The molecule has 1 aromatic heterocycles. The highest BCUT2D eigenvalue weighted by atomic mass is 16.6. The van der Waals surface area contributed by atoms with Crippen LogP contribution in [0.2, 0.25) is 0 Å². The number of carbonyl (C=O) groups excluding carboxylic acids is 1. The van der Waals surface area contributed by atoms with Crippen LogP contribution < -0.4 is 15.1 Å². The molecule has 0 spiro atoms. The molecule has 0 bridgehead atoms. The zero-order chi connectivity index (χ0) is 16.1. The summed E-state index contributed by atoms with van der Waals surface area (Å²) in [6.07, 6.45) is -0.258. The number of hydrogen-bond acceptors (Lipinski definition) is 6. The van der Waals surface area contributed by atoms with E-state index in [1.54, 1.807) is 25.1 Å². The van der Waals surface area contributed by atoms with Crippen LogP contribution in [0.4, 0.5) is 0 Å². The first kappa shape index (κ1) is 15.9. The van der Waals surface area contributed by atoms with Gasteiger partial charge >= 0.3 is 11.6 Å². The van der Waals surface area contributed by atoms with Crippen molar-refractivity contribution in [1.29, 1.82) is 0 Å². The van der Waals surface area contributed by atoms with Crippen LogP contribution in [0.25, 0.3) is 11.0 Å². The van der Waals surface area contributed by atoms with Gasteiger partial charge in [-0.05, 0) is 25.5 Å². The third-order valence-corrected chi connectivity index (χ3v) is 3.10. The smallest absolute Gasteiger partial charge is 0.347 e. The van der Waals surface area contributed by atoms with Gasteiger partial charge in [-0.3, -0.25) is 0 Å². The summed E-state index contributed by atoms with van der Waals surface area (Å²) in [5.41, 5.74) is -0.0536. The summed E-state index contributed by atoms with van der Waals surface area (Å²) in [7, 11) is 1.47. The van der Waals surface area contributed by atoms with Crippen LogP contribution in [0.1, 0.15) is 20.3 Å². The summed E-state index contributed by atoms with van der Waals surface area (Å²) in [5.74, 6) is 0.347. The van der Waals surface area contributed by atoms with E-state index in [1.807, 2.05) is 6.92 Å². The maximum absolute atomic E-state index is 11.8. The van der Waals surface area contributed by atoms with Crippen LogP contribution in [-0.2, 0) is 9.53 Å². The van der Waals surface area contributed by atoms with Gasteiger partial charge in [0, 0.05) is 17.5 Å². The molecule has 0 N–H and O–H groups in total. The van der Waals surface area contributed by atoms with E-state index in [0.29, 0.717) is 35.5 Å². The van der Waals surface area contributed by atoms with E-state index in [0.717, 1.165) is 0 Å². The fourth-order valence-corrected chi connectivity index (χ4v) is 2.01. The maximum Gasteiger partial charge on any atom is 0.347 e. The van der Waals surface area contributed by atoms with Crippen LogP contribution in [0, 0.1) is 0 Å². The van der Waals surface area contributed by atoms with E-state index in [2.05, 4.69) is 0 Å². The van der Waals surface area contributed by atoms with E-state index in [-0.39, 0.29) is 0 Å². The molecule has 6 heteroatoms. The average molecular weight is 306 g/mol. The highest BCUT2D eigenvalue weighted by molar-refractivity contribution is 5.81. The molecule has 6 nitrogen and oxygen atoms in total. The van der Waals surface area contributed by atoms with Crippen molar-refractivity contribution in [3.8, 4) is 11.5 Å². The summed E-state index contributed by atoms with van der Waals surface area (Å²) in [4.78, 5) is 23.1. The summed E-state index contributed by atoms with van der Waals surface area (Å²) < 4.78 is 21.0. The second-order valence-electron chi connectivity index (χ2n) is 4.56. The van der Waals surface area contributed by atoms with Crippen molar-refractivity contribution in [1.82, 2.24) is 0 Å². The zero-order valence-corrected chi connectivity index (χ0v) is 12.8. The van der Waals surface area contributed by atoms with Gasteiger partial charge in [0.2, 0.25) is 0 Å². The largest absolute Gasteiger partial charge is 0.493 e. The fourth-order valence-electron chi connectivity index (χ4n) is 2.01. The number of methoxy groups -OCH3 is 1. The average Bonchev–Trinajstić information content (AvgIpc) is 2.51. The first-order valence-electron chi connectivity index (χ1n) is 7.04. The van der Waals surface area contributed by atoms with Gasteiger partial charge in [-0.1, -0.05) is 6.92 Å². The van der Waals surface area contributed by atoms with Crippen molar-refractivity contribution in [3.05, 3.63) is 34.7 Å². The van der Waals surface area contributed by atoms with Crippen LogP contribution in [0.5, 0.6) is 11.5 Å². The second kappa shape index (κ2) is 6.98. The van der Waals surface area contributed by atoms with E-state index in [4.69, 9.17) is 18.6 Å². The van der Waals surface area contributed by atoms with Crippen molar-refractivity contribution in [2.24, 2.45) is 0 Å². The Balaban J connectivity index is 2.38. The fraction of sp³-hybridized carbons (Fsp3) is 0.375. The maximum atomic E-state index is 11.8. The lowest BCUT2D eigenvalue weighted by Gasteiger charge is -2.18. The van der Waals surface area contributed by atoms with Gasteiger partial charge in [0.15, 0.2) is 17.6 Å². The van der Waals surface area contributed by atoms with E-state index in [9.17, 15) is 9.59 Å². The number of carbonyl (C=O) groups is 1. The first-order valence-corrected chi connectivity index (χ1v) is 7.04. The van der Waals surface area contributed by atoms with Gasteiger partial charge in [0.1, 0.15) is 5.58 Å². The molecule has 1 unspecified atom stereocenters. The molecule has 0 saturated heterocycles. The second-order valence-corrected chi connectivity index (χ2v) is 4.56. The predicted octanol–water partition coefficient (Wildman–Crippen LogP) is 2.52. The lowest BCUT2D eigenvalue weighted by Crippen LogP contribution is -2.28. The molecular weight excluding hydrogens is 288 g/mol. The van der Waals surface area contributed by atoms with Crippen LogP contribution in [0.15, 0.2) is 33.5 Å². The Hall–Kier alpha value is -2.50. The molecule has 22 heavy (non-hydrogen) atoms. The molecule has 0 aliphatic rings. The van der Waals surface area contributed by atoms with Gasteiger partial charge in [0.25, 0.3) is 0 Å². The molecule has 1 heterocycles. The van der Waals surface area contributed by atoms with Crippen molar-refractivity contribution in [2.45, 2.75) is 26.4 Å². The van der Waals surface area contributed by atoms with Crippen molar-refractivity contribution < 1.29 is 23.4 Å².